The molecule has 0 spiro atoms. The molecule has 0 radical (unpaired) electrons. The van der Waals surface area contributed by atoms with E-state index >= 15 is 0 Å². The average Bonchev–Trinajstić information content (AvgIpc) is 2.28. The number of nitrogens with two attached hydrogens (primary N) is 1. The van der Waals surface area contributed by atoms with E-state index in [0.717, 1.165) is 18.8 Å². The SMILES string of the molecule is CCCN(C)c1ncccc1/C(N)=N/O. The summed E-state index contributed by atoms with van der Waals surface area (Å²) in [4.78, 5) is 6.20. The summed E-state index contributed by atoms with van der Waals surface area (Å²) in [6, 6.07) is 3.54. The number of anilines is 1. The molecule has 15 heavy (non-hydrogen) atoms. The van der Waals surface area contributed by atoms with E-state index in [2.05, 4.69) is 17.1 Å². The van der Waals surface area contributed by atoms with E-state index in [-0.39, 0.29) is 5.84 Å². The van der Waals surface area contributed by atoms with Gasteiger partial charge >= 0.3 is 0 Å². The summed E-state index contributed by atoms with van der Waals surface area (Å²) in [7, 11) is 1.93. The van der Waals surface area contributed by atoms with E-state index in [4.69, 9.17) is 10.9 Å². The van der Waals surface area contributed by atoms with Crippen LogP contribution in [0.4, 0.5) is 5.82 Å². The maximum absolute atomic E-state index is 8.64. The van der Waals surface area contributed by atoms with Crippen molar-refractivity contribution in [1.29, 1.82) is 0 Å². The third-order valence-corrected chi connectivity index (χ3v) is 2.09. The monoisotopic (exact) mass is 208 g/mol. The Labute approximate surface area is 89.2 Å². The molecule has 0 amide bonds. The minimum Gasteiger partial charge on any atom is -0.409 e. The van der Waals surface area contributed by atoms with Crippen molar-refractivity contribution in [3.8, 4) is 0 Å². The molecule has 5 nitrogen and oxygen atoms in total. The Morgan fingerprint density at radius 1 is 1.67 bits per heavy atom. The molecule has 1 aromatic rings. The largest absolute Gasteiger partial charge is 0.409 e. The van der Waals surface area contributed by atoms with Gasteiger partial charge in [-0.15, -0.1) is 0 Å². The third-order valence-electron chi connectivity index (χ3n) is 2.09. The molecule has 0 aliphatic heterocycles. The fourth-order valence-corrected chi connectivity index (χ4v) is 1.40. The first-order chi connectivity index (χ1) is 7.20. The van der Waals surface area contributed by atoms with Crippen molar-refractivity contribution in [2.24, 2.45) is 10.9 Å². The van der Waals surface area contributed by atoms with Crippen LogP contribution >= 0.6 is 0 Å². The van der Waals surface area contributed by atoms with Crippen molar-refractivity contribution in [3.05, 3.63) is 23.9 Å². The number of rotatable bonds is 4. The van der Waals surface area contributed by atoms with Gasteiger partial charge in [0.05, 0.1) is 5.56 Å². The summed E-state index contributed by atoms with van der Waals surface area (Å²) in [6.07, 6.45) is 2.71. The second kappa shape index (κ2) is 5.19. The van der Waals surface area contributed by atoms with Crippen LogP contribution in [0.2, 0.25) is 0 Å². The van der Waals surface area contributed by atoms with Crippen LogP contribution in [0.1, 0.15) is 18.9 Å². The summed E-state index contributed by atoms with van der Waals surface area (Å²) in [5.74, 6) is 0.815. The number of hydrogen-bond acceptors (Lipinski definition) is 4. The second-order valence-corrected chi connectivity index (χ2v) is 3.28. The molecule has 5 heteroatoms. The van der Waals surface area contributed by atoms with Crippen molar-refractivity contribution in [1.82, 2.24) is 4.98 Å². The van der Waals surface area contributed by atoms with E-state index < -0.39 is 0 Å². The number of amidine groups is 1. The number of aromatic nitrogens is 1. The molecule has 1 heterocycles. The maximum Gasteiger partial charge on any atom is 0.173 e. The van der Waals surface area contributed by atoms with Gasteiger partial charge in [-0.25, -0.2) is 4.98 Å². The van der Waals surface area contributed by atoms with Crippen LogP contribution in [0.3, 0.4) is 0 Å². The van der Waals surface area contributed by atoms with Gasteiger partial charge in [-0.1, -0.05) is 12.1 Å². The molecule has 3 N–H and O–H groups in total. The standard InChI is InChI=1S/C10H16N4O/c1-3-7-14(2)10-8(9(11)13-15)5-4-6-12-10/h4-6,15H,3,7H2,1-2H3,(H2,11,13). The smallest absolute Gasteiger partial charge is 0.173 e. The highest BCUT2D eigenvalue weighted by Gasteiger charge is 2.10. The van der Waals surface area contributed by atoms with Crippen LogP contribution in [0.25, 0.3) is 0 Å². The normalized spacial score (nSPS) is 11.5. The molecular formula is C10H16N4O. The lowest BCUT2D eigenvalue weighted by Crippen LogP contribution is -2.24. The Kier molecular flexibility index (Phi) is 3.91. The maximum atomic E-state index is 8.64. The lowest BCUT2D eigenvalue weighted by Gasteiger charge is -2.19. The lowest BCUT2D eigenvalue weighted by molar-refractivity contribution is 0.318. The van der Waals surface area contributed by atoms with Gasteiger partial charge in [0, 0.05) is 19.8 Å². The Hall–Kier alpha value is -1.78. The average molecular weight is 208 g/mol. The third kappa shape index (κ3) is 2.59. The molecule has 1 rings (SSSR count). The zero-order chi connectivity index (χ0) is 11.3. The zero-order valence-corrected chi connectivity index (χ0v) is 9.01. The first-order valence-electron chi connectivity index (χ1n) is 4.84. The number of pyridine rings is 1. The number of hydrogen-bond donors (Lipinski definition) is 2. The number of oxime groups is 1. The van der Waals surface area contributed by atoms with Crippen molar-refractivity contribution in [2.75, 3.05) is 18.5 Å². The Morgan fingerprint density at radius 2 is 2.40 bits per heavy atom. The first-order valence-corrected chi connectivity index (χ1v) is 4.84. The van der Waals surface area contributed by atoms with Gasteiger partial charge in [-0.05, 0) is 18.6 Å². The van der Waals surface area contributed by atoms with Gasteiger partial charge in [0.1, 0.15) is 5.82 Å². The van der Waals surface area contributed by atoms with Crippen LogP contribution in [-0.2, 0) is 0 Å². The lowest BCUT2D eigenvalue weighted by atomic mass is 10.2. The molecule has 0 unspecified atom stereocenters. The van der Waals surface area contributed by atoms with Gasteiger partial charge in [0.2, 0.25) is 0 Å². The fourth-order valence-electron chi connectivity index (χ4n) is 1.40. The Bertz CT molecular complexity index is 351. The Balaban J connectivity index is 3.06. The van der Waals surface area contributed by atoms with Crippen molar-refractivity contribution in [2.45, 2.75) is 13.3 Å². The van der Waals surface area contributed by atoms with Gasteiger partial charge in [0.15, 0.2) is 5.84 Å². The highest BCUT2D eigenvalue weighted by molar-refractivity contribution is 6.01. The second-order valence-electron chi connectivity index (χ2n) is 3.28. The quantitative estimate of drug-likeness (QED) is 0.335. The van der Waals surface area contributed by atoms with Crippen LogP contribution in [0.5, 0.6) is 0 Å². The molecule has 0 aliphatic carbocycles. The molecular weight excluding hydrogens is 192 g/mol. The molecule has 82 valence electrons. The fraction of sp³-hybridized carbons (Fsp3) is 0.400. The number of nitrogens with zero attached hydrogens (tertiary/aromatic N) is 3. The minimum absolute atomic E-state index is 0.0843. The van der Waals surface area contributed by atoms with Crippen molar-refractivity contribution >= 4 is 11.7 Å². The molecule has 0 aromatic carbocycles. The first kappa shape index (κ1) is 11.3. The van der Waals surface area contributed by atoms with Crippen LogP contribution in [0, 0.1) is 0 Å². The summed E-state index contributed by atoms with van der Waals surface area (Å²) in [6.45, 7) is 2.96. The van der Waals surface area contributed by atoms with E-state index in [1.54, 1.807) is 18.3 Å². The Morgan fingerprint density at radius 3 is 3.00 bits per heavy atom. The molecule has 0 aliphatic rings. The van der Waals surface area contributed by atoms with Crippen molar-refractivity contribution in [3.63, 3.8) is 0 Å². The minimum atomic E-state index is 0.0843. The molecule has 1 aromatic heterocycles. The molecule has 0 fully saturated rings. The van der Waals surface area contributed by atoms with E-state index in [1.165, 1.54) is 0 Å². The summed E-state index contributed by atoms with van der Waals surface area (Å²) in [5.41, 5.74) is 6.21. The van der Waals surface area contributed by atoms with E-state index in [9.17, 15) is 0 Å². The zero-order valence-electron chi connectivity index (χ0n) is 9.01. The van der Waals surface area contributed by atoms with Gasteiger partial charge in [-0.2, -0.15) is 0 Å². The van der Waals surface area contributed by atoms with Crippen LogP contribution < -0.4 is 10.6 Å². The predicted molar refractivity (Wildman–Crippen MR) is 60.3 cm³/mol. The summed E-state index contributed by atoms with van der Waals surface area (Å²) >= 11 is 0. The van der Waals surface area contributed by atoms with Gasteiger partial charge in [0.25, 0.3) is 0 Å². The van der Waals surface area contributed by atoms with E-state index in [0.29, 0.717) is 5.56 Å². The molecule has 0 saturated heterocycles. The van der Waals surface area contributed by atoms with E-state index in [1.807, 2.05) is 11.9 Å². The predicted octanol–water partition coefficient (Wildman–Crippen LogP) is 1.02. The summed E-state index contributed by atoms with van der Waals surface area (Å²) in [5, 5.41) is 11.6. The van der Waals surface area contributed by atoms with Crippen LogP contribution in [0.15, 0.2) is 23.5 Å². The highest BCUT2D eigenvalue weighted by Crippen LogP contribution is 2.15. The van der Waals surface area contributed by atoms with Gasteiger partial charge < -0.3 is 15.8 Å². The van der Waals surface area contributed by atoms with Crippen LogP contribution in [-0.4, -0.2) is 29.6 Å². The highest BCUT2D eigenvalue weighted by atomic mass is 16.4. The summed E-state index contributed by atoms with van der Waals surface area (Å²) < 4.78 is 0. The van der Waals surface area contributed by atoms with Gasteiger partial charge in [-0.3, -0.25) is 0 Å². The van der Waals surface area contributed by atoms with Crippen molar-refractivity contribution < 1.29 is 5.21 Å². The topological polar surface area (TPSA) is 74.7 Å². The molecule has 0 atom stereocenters. The molecule has 0 bridgehead atoms. The molecule has 0 saturated carbocycles.